The number of nitrogens with two attached hydrogens (primary N) is 2. The number of aliphatic hydroxyl groups is 6. The Labute approximate surface area is 719 Å². The number of likely N-dealkylation sites (N-methyl/N-ethyl adjacent to an activating group) is 1. The van der Waals surface area contributed by atoms with Crippen LogP contribution in [0.1, 0.15) is 131 Å². The first-order chi connectivity index (χ1) is 59.3. The molecule has 8 aliphatic heterocycles. The third-order valence-electron chi connectivity index (χ3n) is 22.7. The number of phenols is 3. The van der Waals surface area contributed by atoms with Gasteiger partial charge >= 0.3 is 5.97 Å². The number of carbonyl (C=O) groups is 9. The lowest BCUT2D eigenvalue weighted by Crippen LogP contribution is -2.66. The Morgan fingerprint density at radius 3 is 2.03 bits per heavy atom. The van der Waals surface area contributed by atoms with Crippen molar-refractivity contribution in [3.8, 4) is 57.1 Å². The predicted octanol–water partition coefficient (Wildman–Crippen LogP) is 1.19. The van der Waals surface area contributed by atoms with E-state index in [0.717, 1.165) is 59.4 Å². The topological polar surface area (TPSA) is 603 Å². The molecule has 23 N–H and O–H groups in total. The molecule has 40 heteroatoms. The van der Waals surface area contributed by atoms with E-state index in [1.54, 1.807) is 6.07 Å². The van der Waals surface area contributed by atoms with E-state index in [-0.39, 0.29) is 71.5 Å². The zero-order valence-electron chi connectivity index (χ0n) is 68.5. The molecule has 0 unspecified atom stereocenters. The third-order valence-corrected chi connectivity index (χ3v) is 23.0. The number of halogens is 1. The molecule has 22 atom stereocenters. The van der Waals surface area contributed by atoms with Crippen LogP contribution in [0.25, 0.3) is 22.0 Å². The average Bonchev–Trinajstić information content (AvgIpc) is 0.763. The zero-order valence-corrected chi connectivity index (χ0v) is 69.3. The highest BCUT2D eigenvalue weighted by Gasteiger charge is 2.53. The molecular weight excluding hydrogens is 1660 g/mol. The fourth-order valence-electron chi connectivity index (χ4n) is 16.2. The number of rotatable bonds is 20. The summed E-state index contributed by atoms with van der Waals surface area (Å²) in [5, 5.41) is 141. The lowest BCUT2D eigenvalue weighted by molar-refractivity contribution is -0.334. The number of aromatic hydroxyl groups is 3. The molecule has 0 spiro atoms. The highest BCUT2D eigenvalue weighted by atomic mass is 35.5. The lowest BCUT2D eigenvalue weighted by Gasteiger charge is -2.48. The highest BCUT2D eigenvalue weighted by Crippen LogP contribution is 2.50. The summed E-state index contributed by atoms with van der Waals surface area (Å²) >= 11 is 7.21. The number of hydrogen-bond acceptors (Lipinski definition) is 30. The summed E-state index contributed by atoms with van der Waals surface area (Å²) in [6.07, 6.45) is -23.6. The first kappa shape index (κ1) is 91.2. The van der Waals surface area contributed by atoms with Gasteiger partial charge in [0.05, 0.1) is 65.7 Å². The number of carbonyl (C=O) groups excluding carboxylic acids is 8. The van der Waals surface area contributed by atoms with Crippen LogP contribution < -0.4 is 73.5 Å². The van der Waals surface area contributed by atoms with Gasteiger partial charge in [-0.05, 0) is 136 Å². The van der Waals surface area contributed by atoms with Crippen LogP contribution in [-0.2, 0) is 73.4 Å². The summed E-state index contributed by atoms with van der Waals surface area (Å²) in [6, 6.07) is 12.4. The standard InChI is InChI=1S/C85H99ClN12O27/c1-35(2)22-50(89-7)76(110)96-66-68(105)41-16-21-54(48(86)24-41)121-56-26-42-25-55(72(56)125-83-73(70(107)69(106)57(34-99)122-83)124-61-31-85(6,75(109)37(4)119-61)98-59(104)33-90-32-43-17-12-38-10-8-9-11-49(38)91-43)120-45-18-13-39(14-19-45)71(123-60-30-84(5,88)74(108)36(3)118-60)67-81(115)95-65(82(116)117)47-27-44(100)28-53(102)62(47)46-23-40(15-20-52(46)101)63(78(112)97-67)94-79(113)64(42)93-77(111)51(29-58(87)103)92-80(66)114/h8-21,23-28,35-37,50-51,57,60-61,63-71,73-75,83,89-90,99-102,105-109H,22,29-34,88H2,1-7H3,(H2,87,103)(H,92,114)(H,93,111)(H,94,113)(H,95,115)(H,96,110)(H,97,112)(H,98,104)(H,116,117)/t36-,37-,50+,51-,57+,60-,61-,63+,64+,65-,66+,67-,68+,69+,70-,71+,73+,74-,75-,83-,84-,85-/m0/s1. The van der Waals surface area contributed by atoms with Gasteiger partial charge in [0.1, 0.15) is 95.6 Å². The van der Waals surface area contributed by atoms with Gasteiger partial charge in [0.25, 0.3) is 0 Å². The van der Waals surface area contributed by atoms with Crippen molar-refractivity contribution in [2.24, 2.45) is 17.4 Å². The van der Waals surface area contributed by atoms with Gasteiger partial charge in [-0.25, -0.2) is 4.79 Å². The van der Waals surface area contributed by atoms with E-state index in [4.69, 9.17) is 61.0 Å². The van der Waals surface area contributed by atoms with Crippen molar-refractivity contribution >= 4 is 75.7 Å². The Morgan fingerprint density at radius 1 is 0.688 bits per heavy atom. The number of aromatic nitrogens is 1. The van der Waals surface area contributed by atoms with E-state index in [9.17, 15) is 70.2 Å². The van der Waals surface area contributed by atoms with Crippen LogP contribution in [0.2, 0.25) is 5.02 Å². The van der Waals surface area contributed by atoms with E-state index < -0.39 is 256 Å². The summed E-state index contributed by atoms with van der Waals surface area (Å²) in [6.45, 7) is 8.46. The van der Waals surface area contributed by atoms with Crippen molar-refractivity contribution in [1.82, 2.24) is 52.8 Å². The molecular formula is C85H99ClN12O27. The molecule has 8 amide bonds. The second-order valence-corrected chi connectivity index (χ2v) is 33.1. The van der Waals surface area contributed by atoms with Crippen molar-refractivity contribution in [3.63, 3.8) is 0 Å². The number of pyridine rings is 1. The van der Waals surface area contributed by atoms with Crippen LogP contribution in [-0.4, -0.2) is 232 Å². The van der Waals surface area contributed by atoms with E-state index in [1.807, 2.05) is 44.2 Å². The number of hydrogen-bond donors (Lipinski definition) is 21. The summed E-state index contributed by atoms with van der Waals surface area (Å²) in [7, 11) is 1.47. The van der Waals surface area contributed by atoms with Gasteiger partial charge in [-0.15, -0.1) is 0 Å². The summed E-state index contributed by atoms with van der Waals surface area (Å²) in [5.41, 5.74) is 8.15. The Morgan fingerprint density at radius 2 is 1.35 bits per heavy atom. The molecule has 11 bridgehead atoms. The van der Waals surface area contributed by atoms with Gasteiger partial charge in [0.2, 0.25) is 59.3 Å². The molecule has 8 aliphatic rings. The predicted molar refractivity (Wildman–Crippen MR) is 438 cm³/mol. The number of primary amides is 1. The van der Waals surface area contributed by atoms with Crippen LogP contribution in [0, 0.1) is 5.92 Å². The van der Waals surface area contributed by atoms with Crippen LogP contribution in [0.3, 0.4) is 0 Å². The van der Waals surface area contributed by atoms with E-state index in [2.05, 4.69) is 52.8 Å². The summed E-state index contributed by atoms with van der Waals surface area (Å²) in [4.78, 5) is 139. The number of para-hydroxylation sites is 1. The number of carboxylic acid groups (broad SMARTS) is 1. The van der Waals surface area contributed by atoms with E-state index >= 15 is 24.0 Å². The lowest BCUT2D eigenvalue weighted by atomic mass is 9.85. The van der Waals surface area contributed by atoms with Crippen LogP contribution in [0.5, 0.6) is 46.0 Å². The Balaban J connectivity index is 0.995. The molecule has 6 aromatic carbocycles. The number of benzene rings is 6. The van der Waals surface area contributed by atoms with Crippen molar-refractivity contribution < 1.29 is 132 Å². The molecule has 39 nitrogen and oxygen atoms in total. The molecule has 668 valence electrons. The Kier molecular flexibility index (Phi) is 27.5. The molecule has 1 aromatic heterocycles. The van der Waals surface area contributed by atoms with Crippen molar-refractivity contribution in [3.05, 3.63) is 160 Å². The van der Waals surface area contributed by atoms with Crippen LogP contribution in [0.4, 0.5) is 0 Å². The van der Waals surface area contributed by atoms with Gasteiger partial charge in [-0.2, -0.15) is 0 Å². The molecule has 3 fully saturated rings. The SMILES string of the molecule is CN[C@H](CC(C)C)C(=O)N[C@H]1C(=O)N[C@@H](CC(N)=O)C(=O)N[C@H]2C(=O)N[C@H]3C(=O)N[C@H](C(=O)N[C@H](C(=O)O)c4cc(O)cc(O)c4-c4cc3ccc4O)[C@H](O[C@H]3C[C@](C)(N)[C@@H](O)[C@H](C)O3)c3ccc(cc3)Oc3cc2cc(c3O[C@@H]2O[C@H](CO)[C@@H](O)[C@H](O)[C@H]2O[C@H]2C[C@](C)(NC(=O)CNCc3ccc4ccccc4n3)[C@@H](O)[C@H](C)O2)Oc2ccc(cc2Cl)[C@H]1O. The van der Waals surface area contributed by atoms with Crippen molar-refractivity contribution in [2.45, 2.75) is 207 Å². The summed E-state index contributed by atoms with van der Waals surface area (Å²) in [5.74, 6) is -16.4. The van der Waals surface area contributed by atoms with Crippen LogP contribution >= 0.6 is 11.6 Å². The maximum absolute atomic E-state index is 16.5. The fourth-order valence-corrected chi connectivity index (χ4v) is 16.4. The van der Waals surface area contributed by atoms with Crippen molar-refractivity contribution in [1.29, 1.82) is 0 Å². The number of fused-ring (bicyclic) bond motifs is 16. The van der Waals surface area contributed by atoms with E-state index in [0.29, 0.717) is 5.69 Å². The fraction of sp³-hybridized carbons (Fsp3) is 0.435. The Hall–Kier alpha value is -11.5. The van der Waals surface area contributed by atoms with Gasteiger partial charge in [-0.3, -0.25) is 43.3 Å². The first-order valence-electron chi connectivity index (χ1n) is 40.2. The largest absolute Gasteiger partial charge is 0.508 e. The molecule has 7 aromatic rings. The minimum absolute atomic E-state index is 0.0621. The minimum atomic E-state index is -2.38. The number of aliphatic carboxylic acids is 1. The monoisotopic (exact) mass is 1750 g/mol. The number of carboxylic acids is 1. The molecule has 0 aliphatic carbocycles. The number of amides is 8. The molecule has 0 radical (unpaired) electrons. The highest BCUT2D eigenvalue weighted by molar-refractivity contribution is 6.32. The minimum Gasteiger partial charge on any atom is -0.508 e. The third kappa shape index (κ3) is 20.1. The smallest absolute Gasteiger partial charge is 0.330 e. The molecule has 125 heavy (non-hydrogen) atoms. The van der Waals surface area contributed by atoms with E-state index in [1.165, 1.54) is 71.1 Å². The zero-order chi connectivity index (χ0) is 90.1. The average molecular weight is 1760 g/mol. The van der Waals surface area contributed by atoms with Crippen LogP contribution in [0.15, 0.2) is 121 Å². The first-order valence-corrected chi connectivity index (χ1v) is 40.6. The summed E-state index contributed by atoms with van der Waals surface area (Å²) < 4.78 is 52.6. The quantitative estimate of drug-likeness (QED) is 0.0509. The second-order valence-electron chi connectivity index (χ2n) is 32.7. The van der Waals surface area contributed by atoms with Gasteiger partial charge < -0.3 is 148 Å². The van der Waals surface area contributed by atoms with Crippen molar-refractivity contribution in [2.75, 3.05) is 20.2 Å². The molecule has 3 saturated heterocycles. The maximum Gasteiger partial charge on any atom is 0.330 e. The second kappa shape index (κ2) is 37.7. The molecule has 0 saturated carbocycles. The van der Waals surface area contributed by atoms with Gasteiger partial charge in [0.15, 0.2) is 36.2 Å². The number of nitrogens with one attached hydrogen (secondary N) is 9. The number of aliphatic hydroxyl groups excluding tert-OH is 6. The maximum atomic E-state index is 16.5. The molecule has 15 rings (SSSR count). The normalized spacial score (nSPS) is 29.7. The van der Waals surface area contributed by atoms with Gasteiger partial charge in [0, 0.05) is 53.1 Å². The molecule has 9 heterocycles. The number of phenolic OH excluding ortho intramolecular Hbond substituents is 3. The Bertz CT molecular complexity index is 5270. The number of nitrogens with zero attached hydrogens (tertiary/aromatic N) is 1. The number of ether oxygens (including phenoxy) is 8. The van der Waals surface area contributed by atoms with Gasteiger partial charge in [-0.1, -0.05) is 74.0 Å².